The SMILES string of the molecule is N#Cc1ccc2c(-c3nc4ccccc4nc3-c3ccc(-c4ccc(-c5nc(-c6ccccc6)cc(-c6ccccc6)n5)cc4)c4ccccc34)cccc2c1. The van der Waals surface area contributed by atoms with Crippen LogP contribution in [0.25, 0.3) is 100 Å². The molecule has 10 aromatic rings. The highest BCUT2D eigenvalue weighted by Gasteiger charge is 2.19. The van der Waals surface area contributed by atoms with Crippen molar-refractivity contribution in [2.45, 2.75) is 0 Å². The molecule has 0 saturated carbocycles. The Kier molecular flexibility index (Phi) is 8.13. The first-order valence-corrected chi connectivity index (χ1v) is 18.5. The Morgan fingerprint density at radius 1 is 0.357 bits per heavy atom. The summed E-state index contributed by atoms with van der Waals surface area (Å²) in [7, 11) is 0. The van der Waals surface area contributed by atoms with Crippen LogP contribution in [0.4, 0.5) is 0 Å². The van der Waals surface area contributed by atoms with Gasteiger partial charge in [-0.15, -0.1) is 0 Å². The van der Waals surface area contributed by atoms with Gasteiger partial charge in [0.05, 0.1) is 45.4 Å². The van der Waals surface area contributed by atoms with Gasteiger partial charge < -0.3 is 0 Å². The highest BCUT2D eigenvalue weighted by molar-refractivity contribution is 6.08. The molecule has 0 N–H and O–H groups in total. The molecule has 0 radical (unpaired) electrons. The van der Waals surface area contributed by atoms with E-state index in [4.69, 9.17) is 19.9 Å². The van der Waals surface area contributed by atoms with Gasteiger partial charge in [0.25, 0.3) is 0 Å². The van der Waals surface area contributed by atoms with E-state index in [2.05, 4.69) is 103 Å². The van der Waals surface area contributed by atoms with Crippen LogP contribution in [0.5, 0.6) is 0 Å². The number of hydrogen-bond donors (Lipinski definition) is 0. The number of para-hydroxylation sites is 2. The molecule has 0 bridgehead atoms. The molecular weight excluding hydrogens is 683 g/mol. The van der Waals surface area contributed by atoms with Crippen LogP contribution in [0.3, 0.4) is 0 Å². The van der Waals surface area contributed by atoms with Gasteiger partial charge in [0, 0.05) is 27.8 Å². The maximum absolute atomic E-state index is 9.59. The second-order valence-corrected chi connectivity index (χ2v) is 13.7. The zero-order chi connectivity index (χ0) is 37.4. The van der Waals surface area contributed by atoms with Crippen LogP contribution in [0, 0.1) is 11.3 Å². The number of fused-ring (bicyclic) bond motifs is 3. The van der Waals surface area contributed by atoms with Crippen molar-refractivity contribution in [2.75, 3.05) is 0 Å². The number of nitrogens with zero attached hydrogens (tertiary/aromatic N) is 5. The highest BCUT2D eigenvalue weighted by Crippen LogP contribution is 2.41. The maximum atomic E-state index is 9.59. The molecule has 0 fully saturated rings. The van der Waals surface area contributed by atoms with E-state index in [1.807, 2.05) is 91.0 Å². The molecule has 0 aliphatic rings. The summed E-state index contributed by atoms with van der Waals surface area (Å²) in [6.07, 6.45) is 0. The molecule has 0 amide bonds. The van der Waals surface area contributed by atoms with Crippen LogP contribution in [-0.2, 0) is 0 Å². The summed E-state index contributed by atoms with van der Waals surface area (Å²) in [4.78, 5) is 20.6. The predicted octanol–water partition coefficient (Wildman–Crippen LogP) is 12.6. The molecule has 0 atom stereocenters. The zero-order valence-corrected chi connectivity index (χ0v) is 30.1. The molecule has 5 heteroatoms. The van der Waals surface area contributed by atoms with Crippen LogP contribution in [-0.4, -0.2) is 19.9 Å². The standard InChI is InChI=1S/C51H31N5/c52-32-33-22-27-40-38(30-33)16-11-19-43(40)49-50(54-46-21-10-9-20-45(46)53-49)44-29-28-39(41-17-7-8-18-42(41)44)34-23-25-37(26-24-34)51-55-47(35-12-3-1-4-13-35)31-48(56-51)36-14-5-2-6-15-36/h1-31H. The minimum Gasteiger partial charge on any atom is -0.244 e. The number of aromatic nitrogens is 4. The van der Waals surface area contributed by atoms with Crippen molar-refractivity contribution in [3.8, 4) is 73.6 Å². The third kappa shape index (κ3) is 5.92. The van der Waals surface area contributed by atoms with Gasteiger partial charge in [-0.05, 0) is 63.0 Å². The third-order valence-corrected chi connectivity index (χ3v) is 10.3. The Morgan fingerprint density at radius 2 is 0.893 bits per heavy atom. The Bertz CT molecular complexity index is 3070. The lowest BCUT2D eigenvalue weighted by Crippen LogP contribution is -1.97. The van der Waals surface area contributed by atoms with E-state index in [9.17, 15) is 5.26 Å². The minimum absolute atomic E-state index is 0.624. The van der Waals surface area contributed by atoms with Gasteiger partial charge >= 0.3 is 0 Å². The summed E-state index contributed by atoms with van der Waals surface area (Å²) in [6.45, 7) is 0. The number of hydrogen-bond acceptors (Lipinski definition) is 5. The fourth-order valence-corrected chi connectivity index (χ4v) is 7.58. The van der Waals surface area contributed by atoms with Crippen molar-refractivity contribution in [1.82, 2.24) is 19.9 Å². The summed E-state index contributed by atoms with van der Waals surface area (Å²) >= 11 is 0. The average molecular weight is 714 g/mol. The van der Waals surface area contributed by atoms with Gasteiger partial charge in [-0.2, -0.15) is 5.26 Å². The Hall–Kier alpha value is -7.81. The van der Waals surface area contributed by atoms with Crippen LogP contribution in [0.2, 0.25) is 0 Å². The van der Waals surface area contributed by atoms with Crippen molar-refractivity contribution < 1.29 is 0 Å². The third-order valence-electron chi connectivity index (χ3n) is 10.3. The lowest BCUT2D eigenvalue weighted by Gasteiger charge is -2.16. The topological polar surface area (TPSA) is 75.3 Å². The normalized spacial score (nSPS) is 11.2. The lowest BCUT2D eigenvalue weighted by molar-refractivity contribution is 1.18. The zero-order valence-electron chi connectivity index (χ0n) is 30.1. The summed E-state index contributed by atoms with van der Waals surface area (Å²) < 4.78 is 0. The van der Waals surface area contributed by atoms with Crippen molar-refractivity contribution >= 4 is 32.6 Å². The van der Waals surface area contributed by atoms with E-state index in [1.54, 1.807) is 0 Å². The summed E-state index contributed by atoms with van der Waals surface area (Å²) in [5, 5.41) is 13.8. The molecule has 260 valence electrons. The molecule has 8 aromatic carbocycles. The van der Waals surface area contributed by atoms with Gasteiger partial charge in [-0.3, -0.25) is 0 Å². The van der Waals surface area contributed by atoms with Crippen LogP contribution >= 0.6 is 0 Å². The van der Waals surface area contributed by atoms with Crippen molar-refractivity contribution in [3.63, 3.8) is 0 Å². The fourth-order valence-electron chi connectivity index (χ4n) is 7.58. The van der Waals surface area contributed by atoms with Crippen molar-refractivity contribution in [1.29, 1.82) is 5.26 Å². The summed E-state index contributed by atoms with van der Waals surface area (Å²) in [5.41, 5.74) is 12.9. The minimum atomic E-state index is 0.624. The molecule has 0 unspecified atom stereocenters. The smallest absolute Gasteiger partial charge is 0.160 e. The molecule has 0 aliphatic carbocycles. The van der Waals surface area contributed by atoms with E-state index in [1.165, 1.54) is 0 Å². The largest absolute Gasteiger partial charge is 0.244 e. The van der Waals surface area contributed by atoms with Gasteiger partial charge in [0.1, 0.15) is 0 Å². The number of nitriles is 1. The number of rotatable bonds is 6. The first kappa shape index (κ1) is 32.8. The van der Waals surface area contributed by atoms with E-state index in [0.717, 1.165) is 94.3 Å². The molecule has 2 aromatic heterocycles. The van der Waals surface area contributed by atoms with Crippen LogP contribution < -0.4 is 0 Å². The Labute approximate surface area is 323 Å². The molecule has 2 heterocycles. The van der Waals surface area contributed by atoms with Crippen LogP contribution in [0.15, 0.2) is 188 Å². The summed E-state index contributed by atoms with van der Waals surface area (Å²) in [6, 6.07) is 66.2. The highest BCUT2D eigenvalue weighted by atomic mass is 14.9. The second kappa shape index (κ2) is 13.9. The van der Waals surface area contributed by atoms with E-state index in [0.29, 0.717) is 11.4 Å². The first-order valence-electron chi connectivity index (χ1n) is 18.5. The lowest BCUT2D eigenvalue weighted by atomic mass is 9.91. The van der Waals surface area contributed by atoms with E-state index < -0.39 is 0 Å². The summed E-state index contributed by atoms with van der Waals surface area (Å²) in [5.74, 6) is 0.677. The monoisotopic (exact) mass is 713 g/mol. The van der Waals surface area contributed by atoms with E-state index >= 15 is 0 Å². The molecule has 0 saturated heterocycles. The maximum Gasteiger partial charge on any atom is 0.160 e. The van der Waals surface area contributed by atoms with Gasteiger partial charge in [0.15, 0.2) is 5.82 Å². The van der Waals surface area contributed by atoms with Gasteiger partial charge in [0.2, 0.25) is 0 Å². The quantitative estimate of drug-likeness (QED) is 0.171. The van der Waals surface area contributed by atoms with Crippen LogP contribution in [0.1, 0.15) is 5.56 Å². The molecule has 0 aliphatic heterocycles. The number of benzene rings is 8. The van der Waals surface area contributed by atoms with E-state index in [-0.39, 0.29) is 0 Å². The molecule has 0 spiro atoms. The Balaban J connectivity index is 1.09. The second-order valence-electron chi connectivity index (χ2n) is 13.7. The molecule has 56 heavy (non-hydrogen) atoms. The van der Waals surface area contributed by atoms with Crippen molar-refractivity contribution in [3.05, 3.63) is 194 Å². The van der Waals surface area contributed by atoms with Gasteiger partial charge in [-0.1, -0.05) is 158 Å². The van der Waals surface area contributed by atoms with Gasteiger partial charge in [-0.25, -0.2) is 19.9 Å². The van der Waals surface area contributed by atoms with Crippen molar-refractivity contribution in [2.24, 2.45) is 0 Å². The Morgan fingerprint density at radius 3 is 1.52 bits per heavy atom. The molecular formula is C51H31N5. The molecule has 10 rings (SSSR count). The predicted molar refractivity (Wildman–Crippen MR) is 227 cm³/mol. The average Bonchev–Trinajstić information content (AvgIpc) is 3.28. The molecule has 5 nitrogen and oxygen atoms in total. The fraction of sp³-hybridized carbons (Fsp3) is 0. The first-order chi connectivity index (χ1) is 27.7.